The van der Waals surface area contributed by atoms with Crippen LogP contribution in [-0.4, -0.2) is 31.9 Å². The number of hydrogen-bond acceptors (Lipinski definition) is 4. The number of methoxy groups -OCH3 is 1. The predicted molar refractivity (Wildman–Crippen MR) is 91.4 cm³/mol. The van der Waals surface area contributed by atoms with Crippen molar-refractivity contribution in [2.24, 2.45) is 5.92 Å². The van der Waals surface area contributed by atoms with Crippen LogP contribution >= 0.6 is 0 Å². The Labute approximate surface area is 142 Å². The van der Waals surface area contributed by atoms with Gasteiger partial charge in [-0.1, -0.05) is 18.2 Å². The minimum atomic E-state index is -1.02. The molecule has 2 aromatic rings. The minimum Gasteiger partial charge on any atom is -0.431 e. The summed E-state index contributed by atoms with van der Waals surface area (Å²) in [4.78, 5) is 0. The molecule has 1 aromatic heterocycles. The van der Waals surface area contributed by atoms with E-state index < -0.39 is 11.6 Å². The lowest BCUT2D eigenvalue weighted by Gasteiger charge is -2.39. The summed E-state index contributed by atoms with van der Waals surface area (Å²) in [6, 6.07) is 6.32. The first kappa shape index (κ1) is 17.4. The smallest absolute Gasteiger partial charge is 0.278 e. The van der Waals surface area contributed by atoms with E-state index in [0.29, 0.717) is 29.6 Å². The van der Waals surface area contributed by atoms with Crippen LogP contribution in [0.5, 0.6) is 0 Å². The molecule has 2 atom stereocenters. The Hall–Kier alpha value is -1.43. The molecule has 2 N–H and O–H groups in total. The Bertz CT molecular complexity index is 666. The zero-order valence-electron chi connectivity index (χ0n) is 14.2. The van der Waals surface area contributed by atoms with Gasteiger partial charge in [0.05, 0.1) is 5.60 Å². The van der Waals surface area contributed by atoms with Gasteiger partial charge in [0.25, 0.3) is 6.01 Å². The lowest BCUT2D eigenvalue weighted by Crippen LogP contribution is -2.44. The molecule has 1 aliphatic rings. The molecule has 4 nitrogen and oxygen atoms in total. The van der Waals surface area contributed by atoms with E-state index in [4.69, 9.17) is 9.15 Å². The van der Waals surface area contributed by atoms with Crippen LogP contribution in [0.1, 0.15) is 37.7 Å². The molecular formula is C19H26FNO3. The van der Waals surface area contributed by atoms with E-state index in [1.165, 1.54) is 6.07 Å². The molecule has 0 amide bonds. The molecule has 0 unspecified atom stereocenters. The Morgan fingerprint density at radius 1 is 1.42 bits per heavy atom. The molecular weight excluding hydrogens is 309 g/mol. The van der Waals surface area contributed by atoms with E-state index in [1.807, 2.05) is 18.2 Å². The zero-order chi connectivity index (χ0) is 17.0. The molecule has 2 heterocycles. The van der Waals surface area contributed by atoms with E-state index in [0.717, 1.165) is 38.8 Å². The fraction of sp³-hybridized carbons (Fsp3) is 0.579. The molecule has 132 valence electrons. The van der Waals surface area contributed by atoms with Crippen LogP contribution in [0.3, 0.4) is 0 Å². The first-order chi connectivity index (χ1) is 11.6. The van der Waals surface area contributed by atoms with Crippen molar-refractivity contribution in [2.45, 2.75) is 37.7 Å². The second-order valence-corrected chi connectivity index (χ2v) is 6.69. The zero-order valence-corrected chi connectivity index (χ0v) is 14.2. The van der Waals surface area contributed by atoms with Crippen LogP contribution in [-0.2, 0) is 10.3 Å². The first-order valence-corrected chi connectivity index (χ1v) is 8.75. The van der Waals surface area contributed by atoms with E-state index in [-0.39, 0.29) is 5.92 Å². The predicted octanol–water partition coefficient (Wildman–Crippen LogP) is 3.58. The quantitative estimate of drug-likeness (QED) is 0.760. The van der Waals surface area contributed by atoms with Crippen LogP contribution in [0.25, 0.3) is 11.0 Å². The molecule has 24 heavy (non-hydrogen) atoms. The van der Waals surface area contributed by atoms with Gasteiger partial charge >= 0.3 is 0 Å². The third kappa shape index (κ3) is 3.48. The molecule has 1 aromatic carbocycles. The highest BCUT2D eigenvalue weighted by Crippen LogP contribution is 2.41. The topological polar surface area (TPSA) is 54.6 Å². The Morgan fingerprint density at radius 2 is 2.29 bits per heavy atom. The number of piperidine rings is 1. The minimum absolute atomic E-state index is 0.0903. The number of nitrogens with one attached hydrogen (secondary N) is 1. The molecule has 1 aliphatic heterocycles. The van der Waals surface area contributed by atoms with Gasteiger partial charge in [-0.3, -0.25) is 0 Å². The summed E-state index contributed by atoms with van der Waals surface area (Å²) in [7, 11) is 1.68. The highest BCUT2D eigenvalue weighted by Gasteiger charge is 2.40. The summed E-state index contributed by atoms with van der Waals surface area (Å²) in [6.07, 6.45) is 4.34. The summed E-state index contributed by atoms with van der Waals surface area (Å²) in [5.74, 6) is 0.0903. The van der Waals surface area contributed by atoms with Crippen LogP contribution in [0.4, 0.5) is 4.39 Å². The Balaban J connectivity index is 1.95. The average molecular weight is 335 g/mol. The molecule has 0 aliphatic carbocycles. The maximum Gasteiger partial charge on any atom is 0.278 e. The van der Waals surface area contributed by atoms with E-state index in [9.17, 15) is 9.50 Å². The maximum atomic E-state index is 13.6. The van der Waals surface area contributed by atoms with Crippen molar-refractivity contribution < 1.29 is 18.7 Å². The highest BCUT2D eigenvalue weighted by atomic mass is 19.1. The number of halogens is 1. The van der Waals surface area contributed by atoms with Crippen molar-refractivity contribution in [3.05, 3.63) is 35.8 Å². The molecule has 0 bridgehead atoms. The van der Waals surface area contributed by atoms with Crippen molar-refractivity contribution in [1.29, 1.82) is 0 Å². The second-order valence-electron chi connectivity index (χ2n) is 6.69. The number of benzene rings is 1. The van der Waals surface area contributed by atoms with Crippen LogP contribution < -0.4 is 5.32 Å². The molecule has 3 rings (SSSR count). The number of unbranched alkanes of at least 4 members (excludes halogenated alkanes) is 1. The van der Waals surface area contributed by atoms with E-state index in [1.54, 1.807) is 7.11 Å². The lowest BCUT2D eigenvalue weighted by atomic mass is 9.74. The number of rotatable bonds is 7. The normalized spacial score (nSPS) is 21.0. The number of ether oxygens (including phenoxy) is 1. The molecule has 0 radical (unpaired) electrons. The van der Waals surface area contributed by atoms with Gasteiger partial charge in [-0.15, -0.1) is 0 Å². The highest BCUT2D eigenvalue weighted by molar-refractivity contribution is 5.81. The molecule has 1 fully saturated rings. The third-order valence-electron chi connectivity index (χ3n) is 5.11. The summed E-state index contributed by atoms with van der Waals surface area (Å²) >= 11 is 0. The van der Waals surface area contributed by atoms with Crippen molar-refractivity contribution in [3.63, 3.8) is 0 Å². The monoisotopic (exact) mass is 335 g/mol. The van der Waals surface area contributed by atoms with Gasteiger partial charge < -0.3 is 19.6 Å². The Kier molecular flexibility index (Phi) is 5.54. The maximum absolute atomic E-state index is 13.6. The van der Waals surface area contributed by atoms with E-state index >= 15 is 0 Å². The van der Waals surface area contributed by atoms with Gasteiger partial charge in [0, 0.05) is 43.2 Å². The summed E-state index contributed by atoms with van der Waals surface area (Å²) in [5.41, 5.74) is 0.148. The molecule has 0 spiro atoms. The molecule has 5 heteroatoms. The van der Waals surface area contributed by atoms with Crippen molar-refractivity contribution in [3.8, 4) is 0 Å². The fourth-order valence-electron chi connectivity index (χ4n) is 3.83. The van der Waals surface area contributed by atoms with Gasteiger partial charge in [0.15, 0.2) is 0 Å². The average Bonchev–Trinajstić information content (AvgIpc) is 2.99. The van der Waals surface area contributed by atoms with Crippen LogP contribution in [0.2, 0.25) is 0 Å². The summed E-state index contributed by atoms with van der Waals surface area (Å²) in [5, 5.41) is 15.7. The number of aliphatic hydroxyl groups is 1. The second kappa shape index (κ2) is 7.64. The number of hydrogen-bond donors (Lipinski definition) is 2. The first-order valence-electron chi connectivity index (χ1n) is 8.75. The number of para-hydroxylation sites is 1. The van der Waals surface area contributed by atoms with Crippen molar-refractivity contribution >= 4 is 11.0 Å². The fourth-order valence-corrected chi connectivity index (χ4v) is 3.83. The number of furan rings is 1. The van der Waals surface area contributed by atoms with Crippen molar-refractivity contribution in [1.82, 2.24) is 5.32 Å². The van der Waals surface area contributed by atoms with Gasteiger partial charge in [-0.2, -0.15) is 4.39 Å². The largest absolute Gasteiger partial charge is 0.431 e. The number of fused-ring (bicyclic) bond motifs is 1. The third-order valence-corrected chi connectivity index (χ3v) is 5.11. The Morgan fingerprint density at radius 3 is 3.04 bits per heavy atom. The lowest BCUT2D eigenvalue weighted by molar-refractivity contribution is -0.0429. The summed E-state index contributed by atoms with van der Waals surface area (Å²) in [6.45, 7) is 2.43. The van der Waals surface area contributed by atoms with E-state index in [2.05, 4.69) is 5.32 Å². The molecule has 0 saturated carbocycles. The SMILES string of the molecule is COCCCC[C@@](O)(c1cccc2cc(F)oc12)[C@@H]1CCCNC1. The molecule has 1 saturated heterocycles. The van der Waals surface area contributed by atoms with Crippen LogP contribution in [0, 0.1) is 11.9 Å². The standard InChI is InChI=1S/C19H26FNO3/c1-23-11-3-2-9-19(22,15-7-5-10-21-13-15)16-8-4-6-14-12-17(20)24-18(14)16/h4,6,8,12,15,21-22H,2-3,5,7,9-11,13H2,1H3/t15-,19+/m1/s1. The van der Waals surface area contributed by atoms with Gasteiger partial charge in [0.1, 0.15) is 5.58 Å². The van der Waals surface area contributed by atoms with Gasteiger partial charge in [-0.05, 0) is 38.6 Å². The van der Waals surface area contributed by atoms with Crippen LogP contribution in [0.15, 0.2) is 28.7 Å². The summed E-state index contributed by atoms with van der Waals surface area (Å²) < 4.78 is 24.0. The van der Waals surface area contributed by atoms with Gasteiger partial charge in [-0.25, -0.2) is 0 Å². The van der Waals surface area contributed by atoms with Gasteiger partial charge in [0.2, 0.25) is 0 Å². The van der Waals surface area contributed by atoms with Crippen molar-refractivity contribution in [2.75, 3.05) is 26.8 Å².